The van der Waals surface area contributed by atoms with Crippen LogP contribution in [-0.2, 0) is 16.1 Å². The Labute approximate surface area is 123 Å². The van der Waals surface area contributed by atoms with Crippen molar-refractivity contribution in [1.82, 2.24) is 5.32 Å². The third kappa shape index (κ3) is 4.06. The van der Waals surface area contributed by atoms with Crippen LogP contribution in [0.3, 0.4) is 0 Å². The Morgan fingerprint density at radius 2 is 2.05 bits per heavy atom. The lowest BCUT2D eigenvalue weighted by atomic mass is 10.0. The van der Waals surface area contributed by atoms with Crippen LogP contribution >= 0.6 is 0 Å². The minimum Gasteiger partial charge on any atom is -0.591 e. The lowest BCUT2D eigenvalue weighted by molar-refractivity contribution is 0.0716. The monoisotopic (exact) mass is 294 g/mol. The first kappa shape index (κ1) is 15.5. The summed E-state index contributed by atoms with van der Waals surface area (Å²) in [4.78, 5) is 0. The molecule has 20 heavy (non-hydrogen) atoms. The highest BCUT2D eigenvalue weighted by molar-refractivity contribution is 7.91. The Morgan fingerprint density at radius 3 is 2.60 bits per heavy atom. The fourth-order valence-corrected chi connectivity index (χ4v) is 2.55. The number of benzene rings is 1. The van der Waals surface area contributed by atoms with E-state index in [1.165, 1.54) is 0 Å². The molecule has 1 aliphatic heterocycles. The zero-order valence-electron chi connectivity index (χ0n) is 12.3. The summed E-state index contributed by atoms with van der Waals surface area (Å²) < 4.78 is 22.2. The SMILES string of the molecule is CC(C)(C)[S+]([O-])N=C(c1ccccc1)C1CNCCO1. The summed E-state index contributed by atoms with van der Waals surface area (Å²) in [5.41, 5.74) is 1.74. The molecule has 0 saturated carbocycles. The molecule has 2 rings (SSSR count). The topological polar surface area (TPSA) is 56.7 Å². The van der Waals surface area contributed by atoms with Gasteiger partial charge in [0.05, 0.1) is 6.61 Å². The normalized spacial score (nSPS) is 22.6. The van der Waals surface area contributed by atoms with Gasteiger partial charge in [-0.1, -0.05) is 34.7 Å². The molecule has 2 unspecified atom stereocenters. The minimum absolute atomic E-state index is 0.141. The molecule has 0 spiro atoms. The van der Waals surface area contributed by atoms with E-state index in [4.69, 9.17) is 4.74 Å². The first-order chi connectivity index (χ1) is 9.48. The summed E-state index contributed by atoms with van der Waals surface area (Å²) in [5, 5.41) is 3.29. The molecule has 1 heterocycles. The molecule has 4 nitrogen and oxygen atoms in total. The van der Waals surface area contributed by atoms with Crippen LogP contribution in [0.2, 0.25) is 0 Å². The van der Waals surface area contributed by atoms with Gasteiger partial charge in [-0.15, -0.1) is 0 Å². The largest absolute Gasteiger partial charge is 0.591 e. The third-order valence-corrected chi connectivity index (χ3v) is 4.42. The number of hydrogen-bond donors (Lipinski definition) is 1. The van der Waals surface area contributed by atoms with Crippen molar-refractivity contribution in [2.45, 2.75) is 31.6 Å². The van der Waals surface area contributed by atoms with Crippen LogP contribution in [0.4, 0.5) is 0 Å². The number of rotatable bonds is 3. The van der Waals surface area contributed by atoms with Gasteiger partial charge in [-0.3, -0.25) is 0 Å². The van der Waals surface area contributed by atoms with Gasteiger partial charge in [0.25, 0.3) is 0 Å². The highest BCUT2D eigenvalue weighted by Crippen LogP contribution is 2.20. The van der Waals surface area contributed by atoms with E-state index >= 15 is 0 Å². The van der Waals surface area contributed by atoms with Crippen LogP contribution in [0.1, 0.15) is 26.3 Å². The molecule has 0 aromatic heterocycles. The highest BCUT2D eigenvalue weighted by Gasteiger charge is 2.30. The molecule has 1 fully saturated rings. The predicted molar refractivity (Wildman–Crippen MR) is 83.5 cm³/mol. The second kappa shape index (κ2) is 6.72. The molecule has 1 N–H and O–H groups in total. The molecule has 1 aliphatic rings. The highest BCUT2D eigenvalue weighted by atomic mass is 32.2. The maximum Gasteiger partial charge on any atom is 0.144 e. The first-order valence-electron chi connectivity index (χ1n) is 6.87. The van der Waals surface area contributed by atoms with Gasteiger partial charge in [0, 0.05) is 18.7 Å². The van der Waals surface area contributed by atoms with Crippen molar-refractivity contribution in [3.8, 4) is 0 Å². The molecular weight excluding hydrogens is 272 g/mol. The average Bonchev–Trinajstić information content (AvgIpc) is 2.45. The number of morpholine rings is 1. The van der Waals surface area contributed by atoms with Crippen LogP contribution in [0.15, 0.2) is 34.7 Å². The van der Waals surface area contributed by atoms with Crippen LogP contribution < -0.4 is 5.32 Å². The molecule has 1 saturated heterocycles. The summed E-state index contributed by atoms with van der Waals surface area (Å²) in [5.74, 6) is 0. The molecule has 0 aliphatic carbocycles. The van der Waals surface area contributed by atoms with Crippen molar-refractivity contribution in [3.05, 3.63) is 35.9 Å². The average molecular weight is 294 g/mol. The molecule has 5 heteroatoms. The number of nitrogens with one attached hydrogen (secondary N) is 1. The number of hydrogen-bond acceptors (Lipinski definition) is 4. The van der Waals surface area contributed by atoms with E-state index in [9.17, 15) is 4.55 Å². The van der Waals surface area contributed by atoms with E-state index in [-0.39, 0.29) is 10.9 Å². The molecule has 1 aromatic rings. The summed E-state index contributed by atoms with van der Waals surface area (Å²) >= 11 is -1.29. The molecule has 0 radical (unpaired) electrons. The maximum absolute atomic E-state index is 12.3. The summed E-state index contributed by atoms with van der Waals surface area (Å²) in [6.07, 6.45) is -0.141. The second-order valence-electron chi connectivity index (χ2n) is 5.77. The molecule has 0 amide bonds. The van der Waals surface area contributed by atoms with E-state index in [1.54, 1.807) is 0 Å². The van der Waals surface area contributed by atoms with Gasteiger partial charge in [0.15, 0.2) is 0 Å². The zero-order chi connectivity index (χ0) is 14.6. The van der Waals surface area contributed by atoms with Gasteiger partial charge in [-0.25, -0.2) is 0 Å². The predicted octanol–water partition coefficient (Wildman–Crippen LogP) is 1.93. The number of nitrogens with zero attached hydrogens (tertiary/aromatic N) is 1. The fraction of sp³-hybridized carbons (Fsp3) is 0.533. The van der Waals surface area contributed by atoms with Crippen LogP contribution in [0.25, 0.3) is 0 Å². The van der Waals surface area contributed by atoms with Gasteiger partial charge >= 0.3 is 0 Å². The van der Waals surface area contributed by atoms with E-state index in [0.29, 0.717) is 13.2 Å². The quantitative estimate of drug-likeness (QED) is 0.684. The van der Waals surface area contributed by atoms with Crippen molar-refractivity contribution in [2.24, 2.45) is 4.40 Å². The molecule has 2 atom stereocenters. The Kier molecular flexibility index (Phi) is 5.21. The van der Waals surface area contributed by atoms with Crippen molar-refractivity contribution >= 4 is 17.1 Å². The van der Waals surface area contributed by atoms with E-state index in [2.05, 4.69) is 9.71 Å². The van der Waals surface area contributed by atoms with Crippen LogP contribution in [0.5, 0.6) is 0 Å². The Bertz CT molecular complexity index is 451. The standard InChI is InChI=1S/C15H22N2O2S/c1-15(2,3)20(18)17-14(12-7-5-4-6-8-12)13-11-16-9-10-19-13/h4-8,13,16H,9-11H2,1-3H3. The first-order valence-corrected chi connectivity index (χ1v) is 7.97. The molecule has 110 valence electrons. The van der Waals surface area contributed by atoms with E-state index < -0.39 is 11.4 Å². The lowest BCUT2D eigenvalue weighted by Crippen LogP contribution is -2.44. The fourth-order valence-electron chi connectivity index (χ4n) is 1.87. The Hall–Kier alpha value is -0.880. The minimum atomic E-state index is -1.29. The van der Waals surface area contributed by atoms with E-state index in [1.807, 2.05) is 51.1 Å². The summed E-state index contributed by atoms with van der Waals surface area (Å²) in [6.45, 7) is 7.98. The molecule has 0 bridgehead atoms. The number of ether oxygens (including phenoxy) is 1. The summed E-state index contributed by atoms with van der Waals surface area (Å²) in [7, 11) is 0. The van der Waals surface area contributed by atoms with E-state index in [0.717, 1.165) is 17.8 Å². The van der Waals surface area contributed by atoms with Crippen LogP contribution in [0, 0.1) is 0 Å². The molecular formula is C15H22N2O2S. The zero-order valence-corrected chi connectivity index (χ0v) is 13.1. The smallest absolute Gasteiger partial charge is 0.144 e. The van der Waals surface area contributed by atoms with Crippen molar-refractivity contribution in [3.63, 3.8) is 0 Å². The van der Waals surface area contributed by atoms with Crippen molar-refractivity contribution < 1.29 is 9.29 Å². The van der Waals surface area contributed by atoms with Gasteiger partial charge in [0.2, 0.25) is 0 Å². The lowest BCUT2D eigenvalue weighted by Gasteiger charge is -2.26. The Balaban J connectivity index is 2.31. The van der Waals surface area contributed by atoms with Gasteiger partial charge in [-0.2, -0.15) is 0 Å². The van der Waals surface area contributed by atoms with Gasteiger partial charge in [-0.05, 0) is 20.8 Å². The van der Waals surface area contributed by atoms with Crippen molar-refractivity contribution in [1.29, 1.82) is 0 Å². The van der Waals surface area contributed by atoms with Crippen molar-refractivity contribution in [2.75, 3.05) is 19.7 Å². The van der Waals surface area contributed by atoms with Gasteiger partial charge in [0.1, 0.15) is 27.9 Å². The third-order valence-electron chi connectivity index (χ3n) is 3.01. The van der Waals surface area contributed by atoms with Gasteiger partial charge < -0.3 is 14.6 Å². The summed E-state index contributed by atoms with van der Waals surface area (Å²) in [6, 6.07) is 9.84. The maximum atomic E-state index is 12.3. The molecule has 1 aromatic carbocycles. The second-order valence-corrected chi connectivity index (χ2v) is 7.67. The Morgan fingerprint density at radius 1 is 1.35 bits per heavy atom. The van der Waals surface area contributed by atoms with Crippen LogP contribution in [-0.4, -0.2) is 40.8 Å².